The van der Waals surface area contributed by atoms with Crippen LogP contribution in [0.2, 0.25) is 0 Å². The Morgan fingerprint density at radius 1 is 1.36 bits per heavy atom. The van der Waals surface area contributed by atoms with Gasteiger partial charge in [-0.2, -0.15) is 12.7 Å². The third kappa shape index (κ3) is 4.36. The van der Waals surface area contributed by atoms with Gasteiger partial charge in [0, 0.05) is 26.2 Å². The molecule has 0 aromatic carbocycles. The van der Waals surface area contributed by atoms with E-state index in [1.807, 2.05) is 0 Å². The fourth-order valence-corrected chi connectivity index (χ4v) is 1.95. The highest BCUT2D eigenvalue weighted by molar-refractivity contribution is 7.87. The van der Waals surface area contributed by atoms with Gasteiger partial charge in [-0.05, 0) is 19.8 Å². The third-order valence-corrected chi connectivity index (χ3v) is 3.74. The molecule has 0 heterocycles. The summed E-state index contributed by atoms with van der Waals surface area (Å²) in [4.78, 5) is 0. The van der Waals surface area contributed by atoms with E-state index in [1.165, 1.54) is 11.4 Å². The first-order valence-electron chi connectivity index (χ1n) is 4.64. The standard InChI is InChI=1S/C8H20N2O3S/c1-7(2)10(4)14(12,13)9-5-8(3)6-11/h7-9,11H,5-6H2,1-4H3. The van der Waals surface area contributed by atoms with E-state index in [9.17, 15) is 8.42 Å². The maximum atomic E-state index is 11.5. The zero-order chi connectivity index (χ0) is 11.4. The molecule has 0 spiro atoms. The summed E-state index contributed by atoms with van der Waals surface area (Å²) in [5, 5.41) is 8.73. The topological polar surface area (TPSA) is 69.6 Å². The highest BCUT2D eigenvalue weighted by atomic mass is 32.2. The lowest BCUT2D eigenvalue weighted by molar-refractivity contribution is 0.238. The van der Waals surface area contributed by atoms with Gasteiger partial charge in [-0.25, -0.2) is 4.72 Å². The number of rotatable bonds is 6. The Hall–Kier alpha value is -0.170. The molecule has 5 nitrogen and oxygen atoms in total. The number of hydrogen-bond donors (Lipinski definition) is 2. The maximum Gasteiger partial charge on any atom is 0.279 e. The largest absolute Gasteiger partial charge is 0.396 e. The highest BCUT2D eigenvalue weighted by Crippen LogP contribution is 2.01. The Labute approximate surface area is 86.3 Å². The Morgan fingerprint density at radius 3 is 2.21 bits per heavy atom. The Kier molecular flexibility index (Phi) is 5.58. The van der Waals surface area contributed by atoms with Crippen LogP contribution in [-0.2, 0) is 10.2 Å². The summed E-state index contributed by atoms with van der Waals surface area (Å²) < 4.78 is 26.7. The molecule has 0 fully saturated rings. The molecule has 0 bridgehead atoms. The van der Waals surface area contributed by atoms with Crippen molar-refractivity contribution in [3.63, 3.8) is 0 Å². The molecule has 0 amide bonds. The molecule has 0 aromatic rings. The third-order valence-electron chi connectivity index (χ3n) is 2.03. The van der Waals surface area contributed by atoms with Crippen LogP contribution in [0.5, 0.6) is 0 Å². The van der Waals surface area contributed by atoms with Gasteiger partial charge in [0.25, 0.3) is 10.2 Å². The van der Waals surface area contributed by atoms with E-state index in [2.05, 4.69) is 4.72 Å². The molecule has 14 heavy (non-hydrogen) atoms. The van der Waals surface area contributed by atoms with Crippen LogP contribution in [0.25, 0.3) is 0 Å². The first kappa shape index (κ1) is 13.8. The van der Waals surface area contributed by atoms with Gasteiger partial charge in [0.2, 0.25) is 0 Å². The second kappa shape index (κ2) is 5.65. The summed E-state index contributed by atoms with van der Waals surface area (Å²) in [7, 11) is -1.87. The lowest BCUT2D eigenvalue weighted by Gasteiger charge is -2.22. The summed E-state index contributed by atoms with van der Waals surface area (Å²) in [5.41, 5.74) is 0. The van der Waals surface area contributed by atoms with E-state index in [1.54, 1.807) is 20.8 Å². The van der Waals surface area contributed by atoms with Gasteiger partial charge in [-0.15, -0.1) is 0 Å². The summed E-state index contributed by atoms with van der Waals surface area (Å²) >= 11 is 0. The molecule has 0 radical (unpaired) electrons. The molecule has 0 rings (SSSR count). The van der Waals surface area contributed by atoms with Crippen molar-refractivity contribution < 1.29 is 13.5 Å². The minimum Gasteiger partial charge on any atom is -0.396 e. The van der Waals surface area contributed by atoms with Gasteiger partial charge in [-0.3, -0.25) is 0 Å². The van der Waals surface area contributed by atoms with Crippen LogP contribution in [0.1, 0.15) is 20.8 Å². The molecule has 2 N–H and O–H groups in total. The van der Waals surface area contributed by atoms with Crippen molar-refractivity contribution in [1.82, 2.24) is 9.03 Å². The van der Waals surface area contributed by atoms with Gasteiger partial charge in [0.15, 0.2) is 0 Å². The van der Waals surface area contributed by atoms with Crippen molar-refractivity contribution in [1.29, 1.82) is 0 Å². The number of nitrogens with one attached hydrogen (secondary N) is 1. The van der Waals surface area contributed by atoms with Crippen LogP contribution in [-0.4, -0.2) is 44.1 Å². The number of hydrogen-bond acceptors (Lipinski definition) is 3. The molecular weight excluding hydrogens is 204 g/mol. The highest BCUT2D eigenvalue weighted by Gasteiger charge is 2.20. The van der Waals surface area contributed by atoms with E-state index < -0.39 is 10.2 Å². The maximum absolute atomic E-state index is 11.5. The lowest BCUT2D eigenvalue weighted by atomic mass is 10.2. The number of aliphatic hydroxyl groups is 1. The van der Waals surface area contributed by atoms with E-state index in [0.29, 0.717) is 0 Å². The van der Waals surface area contributed by atoms with E-state index in [-0.39, 0.29) is 25.1 Å². The fraction of sp³-hybridized carbons (Fsp3) is 1.00. The average molecular weight is 224 g/mol. The van der Waals surface area contributed by atoms with Gasteiger partial charge in [-0.1, -0.05) is 6.92 Å². The Bertz CT molecular complexity index is 251. The molecule has 0 aliphatic heterocycles. The second-order valence-corrected chi connectivity index (χ2v) is 5.57. The summed E-state index contributed by atoms with van der Waals surface area (Å²) in [6.07, 6.45) is 0. The molecule has 1 atom stereocenters. The summed E-state index contributed by atoms with van der Waals surface area (Å²) in [6.45, 7) is 5.62. The van der Waals surface area contributed by atoms with Crippen LogP contribution in [0.4, 0.5) is 0 Å². The normalized spacial score (nSPS) is 15.1. The molecule has 0 saturated heterocycles. The Balaban J connectivity index is 4.22. The summed E-state index contributed by atoms with van der Waals surface area (Å²) in [6, 6.07) is -0.0723. The smallest absolute Gasteiger partial charge is 0.279 e. The molecule has 0 aliphatic carbocycles. The predicted octanol–water partition coefficient (Wildman–Crippen LogP) is -0.211. The fourth-order valence-electron chi connectivity index (χ4n) is 0.691. The predicted molar refractivity (Wildman–Crippen MR) is 56.1 cm³/mol. The minimum absolute atomic E-state index is 0.0199. The first-order chi connectivity index (χ1) is 6.31. The van der Waals surface area contributed by atoms with Crippen LogP contribution in [0, 0.1) is 5.92 Å². The van der Waals surface area contributed by atoms with Crippen LogP contribution < -0.4 is 4.72 Å². The van der Waals surface area contributed by atoms with E-state index in [0.717, 1.165) is 0 Å². The van der Waals surface area contributed by atoms with Gasteiger partial charge in [0.1, 0.15) is 0 Å². The molecule has 6 heteroatoms. The second-order valence-electron chi connectivity index (χ2n) is 3.75. The molecule has 0 aliphatic rings. The minimum atomic E-state index is -3.39. The van der Waals surface area contributed by atoms with E-state index >= 15 is 0 Å². The number of nitrogens with zero attached hydrogens (tertiary/aromatic N) is 1. The van der Waals surface area contributed by atoms with Crippen LogP contribution in [0.15, 0.2) is 0 Å². The van der Waals surface area contributed by atoms with Crippen molar-refractivity contribution in [2.45, 2.75) is 26.8 Å². The molecule has 86 valence electrons. The molecule has 0 saturated carbocycles. The van der Waals surface area contributed by atoms with Crippen molar-refractivity contribution in [3.05, 3.63) is 0 Å². The van der Waals surface area contributed by atoms with Crippen molar-refractivity contribution in [2.75, 3.05) is 20.2 Å². The van der Waals surface area contributed by atoms with Gasteiger partial charge >= 0.3 is 0 Å². The Morgan fingerprint density at radius 2 is 1.86 bits per heavy atom. The van der Waals surface area contributed by atoms with Crippen LogP contribution >= 0.6 is 0 Å². The molecular formula is C8H20N2O3S. The van der Waals surface area contributed by atoms with Gasteiger partial charge in [0.05, 0.1) is 0 Å². The van der Waals surface area contributed by atoms with Gasteiger partial charge < -0.3 is 5.11 Å². The first-order valence-corrected chi connectivity index (χ1v) is 6.08. The van der Waals surface area contributed by atoms with Crippen LogP contribution in [0.3, 0.4) is 0 Å². The average Bonchev–Trinajstić information content (AvgIpc) is 2.12. The zero-order valence-corrected chi connectivity index (χ0v) is 10.0. The SMILES string of the molecule is CC(CO)CNS(=O)(=O)N(C)C(C)C. The summed E-state index contributed by atoms with van der Waals surface area (Å²) in [5.74, 6) is -0.0645. The van der Waals surface area contributed by atoms with Crippen molar-refractivity contribution >= 4 is 10.2 Å². The molecule has 1 unspecified atom stereocenters. The monoisotopic (exact) mass is 224 g/mol. The quantitative estimate of drug-likeness (QED) is 0.656. The lowest BCUT2D eigenvalue weighted by Crippen LogP contribution is -2.43. The van der Waals surface area contributed by atoms with Crippen molar-refractivity contribution in [2.24, 2.45) is 5.92 Å². The number of aliphatic hydroxyl groups excluding tert-OH is 1. The molecule has 0 aromatic heterocycles. The van der Waals surface area contributed by atoms with E-state index in [4.69, 9.17) is 5.11 Å². The zero-order valence-electron chi connectivity index (χ0n) is 9.19. The van der Waals surface area contributed by atoms with Crippen molar-refractivity contribution in [3.8, 4) is 0 Å².